The lowest BCUT2D eigenvalue weighted by atomic mass is 9.82. The van der Waals surface area contributed by atoms with E-state index in [-0.39, 0.29) is 11.9 Å². The summed E-state index contributed by atoms with van der Waals surface area (Å²) in [5, 5.41) is 12.5. The predicted octanol–water partition coefficient (Wildman–Crippen LogP) is 3.56. The van der Waals surface area contributed by atoms with Crippen LogP contribution in [0.3, 0.4) is 0 Å². The first kappa shape index (κ1) is 17.0. The zero-order valence-electron chi connectivity index (χ0n) is 13.8. The molecule has 2 N–H and O–H groups in total. The molecule has 0 aromatic heterocycles. The normalized spacial score (nSPS) is 19.6. The van der Waals surface area contributed by atoms with Crippen molar-refractivity contribution in [3.05, 3.63) is 83.9 Å². The van der Waals surface area contributed by atoms with Gasteiger partial charge in [0.2, 0.25) is 5.91 Å². The Morgan fingerprint density at radius 3 is 1.80 bits per heavy atom. The fraction of sp³-hybridized carbons (Fsp3) is 0.238. The number of hydrogen-bond donors (Lipinski definition) is 2. The van der Waals surface area contributed by atoms with Gasteiger partial charge in [-0.25, -0.2) is 0 Å². The van der Waals surface area contributed by atoms with Gasteiger partial charge in [-0.3, -0.25) is 9.59 Å². The molecule has 0 aliphatic heterocycles. The van der Waals surface area contributed by atoms with E-state index >= 15 is 0 Å². The van der Waals surface area contributed by atoms with Gasteiger partial charge >= 0.3 is 5.97 Å². The molecule has 1 aliphatic carbocycles. The average molecular weight is 335 g/mol. The maximum absolute atomic E-state index is 12.9. The summed E-state index contributed by atoms with van der Waals surface area (Å²) in [5.74, 6) is -2.34. The van der Waals surface area contributed by atoms with Gasteiger partial charge in [-0.1, -0.05) is 72.8 Å². The van der Waals surface area contributed by atoms with Crippen LogP contribution >= 0.6 is 0 Å². The second-order valence-corrected chi connectivity index (χ2v) is 6.26. The van der Waals surface area contributed by atoms with Crippen LogP contribution in [-0.2, 0) is 9.59 Å². The molecule has 4 heteroatoms. The first-order valence-electron chi connectivity index (χ1n) is 8.45. The molecule has 0 radical (unpaired) electrons. The van der Waals surface area contributed by atoms with E-state index in [1.165, 1.54) is 0 Å². The third kappa shape index (κ3) is 3.97. The first-order chi connectivity index (χ1) is 12.2. The van der Waals surface area contributed by atoms with Crippen molar-refractivity contribution < 1.29 is 14.7 Å². The van der Waals surface area contributed by atoms with Crippen molar-refractivity contribution in [1.82, 2.24) is 5.32 Å². The first-order valence-corrected chi connectivity index (χ1v) is 8.45. The molecule has 128 valence electrons. The Hall–Kier alpha value is -2.88. The number of carbonyl (C=O) groups excluding carboxylic acids is 1. The van der Waals surface area contributed by atoms with Crippen molar-refractivity contribution in [3.8, 4) is 0 Å². The van der Waals surface area contributed by atoms with Gasteiger partial charge in [-0.2, -0.15) is 0 Å². The molecule has 0 heterocycles. The number of carboxylic acids is 1. The van der Waals surface area contributed by atoms with Gasteiger partial charge in [0.15, 0.2) is 0 Å². The summed E-state index contributed by atoms with van der Waals surface area (Å²) >= 11 is 0. The number of rotatable bonds is 5. The Morgan fingerprint density at radius 2 is 1.32 bits per heavy atom. The summed E-state index contributed by atoms with van der Waals surface area (Å²) in [6, 6.07) is 19.2. The molecule has 25 heavy (non-hydrogen) atoms. The number of hydrogen-bond acceptors (Lipinski definition) is 2. The van der Waals surface area contributed by atoms with Crippen LogP contribution in [0.2, 0.25) is 0 Å². The zero-order chi connectivity index (χ0) is 17.6. The molecule has 0 bridgehead atoms. The van der Waals surface area contributed by atoms with E-state index < -0.39 is 17.8 Å². The molecule has 3 rings (SSSR count). The van der Waals surface area contributed by atoms with Crippen LogP contribution in [0.25, 0.3) is 0 Å². The van der Waals surface area contributed by atoms with Gasteiger partial charge in [-0.15, -0.1) is 0 Å². The SMILES string of the molecule is O=C(O)[C@H]1CC=CC[C@@H]1C(=O)NC(c1ccccc1)c1ccccc1. The fourth-order valence-corrected chi connectivity index (χ4v) is 3.28. The minimum absolute atomic E-state index is 0.213. The molecular formula is C21H21NO3. The van der Waals surface area contributed by atoms with Gasteiger partial charge < -0.3 is 10.4 Å². The number of nitrogens with one attached hydrogen (secondary N) is 1. The summed E-state index contributed by atoms with van der Waals surface area (Å²) in [6.07, 6.45) is 4.59. The number of carbonyl (C=O) groups is 2. The molecular weight excluding hydrogens is 314 g/mol. The lowest BCUT2D eigenvalue weighted by molar-refractivity contribution is -0.147. The Morgan fingerprint density at radius 1 is 0.840 bits per heavy atom. The molecule has 0 spiro atoms. The lowest BCUT2D eigenvalue weighted by Crippen LogP contribution is -2.40. The van der Waals surface area contributed by atoms with Gasteiger partial charge in [0.05, 0.1) is 17.9 Å². The van der Waals surface area contributed by atoms with Crippen LogP contribution in [0.5, 0.6) is 0 Å². The molecule has 1 aliphatic rings. The minimum atomic E-state index is -0.916. The van der Waals surface area contributed by atoms with Crippen molar-refractivity contribution in [3.63, 3.8) is 0 Å². The van der Waals surface area contributed by atoms with Crippen molar-refractivity contribution in [2.75, 3.05) is 0 Å². The van der Waals surface area contributed by atoms with E-state index in [2.05, 4.69) is 5.32 Å². The Labute approximate surface area is 147 Å². The number of amides is 1. The third-order valence-corrected chi connectivity index (χ3v) is 4.64. The van der Waals surface area contributed by atoms with Crippen LogP contribution in [0.1, 0.15) is 30.0 Å². The molecule has 0 saturated carbocycles. The topological polar surface area (TPSA) is 66.4 Å². The highest BCUT2D eigenvalue weighted by Crippen LogP contribution is 2.28. The molecule has 2 aromatic rings. The zero-order valence-corrected chi connectivity index (χ0v) is 13.8. The van der Waals surface area contributed by atoms with Crippen LogP contribution in [0.4, 0.5) is 0 Å². The van der Waals surface area contributed by atoms with Crippen LogP contribution in [0, 0.1) is 11.8 Å². The summed E-state index contributed by atoms with van der Waals surface area (Å²) in [7, 11) is 0. The molecule has 4 nitrogen and oxygen atoms in total. The molecule has 0 saturated heterocycles. The highest BCUT2D eigenvalue weighted by Gasteiger charge is 2.35. The van der Waals surface area contributed by atoms with E-state index in [1.54, 1.807) is 0 Å². The number of benzene rings is 2. The van der Waals surface area contributed by atoms with E-state index in [9.17, 15) is 14.7 Å². The maximum Gasteiger partial charge on any atom is 0.307 e. The lowest BCUT2D eigenvalue weighted by Gasteiger charge is -2.27. The van der Waals surface area contributed by atoms with E-state index in [4.69, 9.17) is 0 Å². The third-order valence-electron chi connectivity index (χ3n) is 4.64. The predicted molar refractivity (Wildman–Crippen MR) is 95.9 cm³/mol. The summed E-state index contributed by atoms with van der Waals surface area (Å²) in [6.45, 7) is 0. The minimum Gasteiger partial charge on any atom is -0.481 e. The van der Waals surface area contributed by atoms with Gasteiger partial charge in [0.1, 0.15) is 0 Å². The van der Waals surface area contributed by atoms with Gasteiger partial charge in [-0.05, 0) is 24.0 Å². The highest BCUT2D eigenvalue weighted by atomic mass is 16.4. The van der Waals surface area contributed by atoms with E-state index in [0.29, 0.717) is 12.8 Å². The smallest absolute Gasteiger partial charge is 0.307 e. The second kappa shape index (κ2) is 7.79. The molecule has 2 aromatic carbocycles. The summed E-state index contributed by atoms with van der Waals surface area (Å²) < 4.78 is 0. The van der Waals surface area contributed by atoms with Crippen molar-refractivity contribution in [2.24, 2.45) is 11.8 Å². The Bertz CT molecular complexity index is 716. The van der Waals surface area contributed by atoms with Gasteiger partial charge in [0, 0.05) is 0 Å². The van der Waals surface area contributed by atoms with Crippen LogP contribution in [-0.4, -0.2) is 17.0 Å². The number of carboxylic acid groups (broad SMARTS) is 1. The summed E-state index contributed by atoms with van der Waals surface area (Å²) in [5.41, 5.74) is 1.94. The monoisotopic (exact) mass is 335 g/mol. The standard InChI is InChI=1S/C21H21NO3/c23-20(17-13-7-8-14-18(17)21(24)25)22-19(15-9-3-1-4-10-15)16-11-5-2-6-12-16/h1-12,17-19H,13-14H2,(H,22,23)(H,24,25)/t17-,18-/m0/s1. The maximum atomic E-state index is 12.9. The van der Waals surface area contributed by atoms with Crippen molar-refractivity contribution >= 4 is 11.9 Å². The quantitative estimate of drug-likeness (QED) is 0.821. The molecule has 0 unspecified atom stereocenters. The molecule has 1 amide bonds. The number of aliphatic carboxylic acids is 1. The van der Waals surface area contributed by atoms with E-state index in [0.717, 1.165) is 11.1 Å². The van der Waals surface area contributed by atoms with Gasteiger partial charge in [0.25, 0.3) is 0 Å². The Balaban J connectivity index is 1.86. The molecule has 0 fully saturated rings. The van der Waals surface area contributed by atoms with Crippen molar-refractivity contribution in [1.29, 1.82) is 0 Å². The largest absolute Gasteiger partial charge is 0.481 e. The molecule has 2 atom stereocenters. The fourth-order valence-electron chi connectivity index (χ4n) is 3.28. The second-order valence-electron chi connectivity index (χ2n) is 6.26. The van der Waals surface area contributed by atoms with Crippen molar-refractivity contribution in [2.45, 2.75) is 18.9 Å². The number of allylic oxidation sites excluding steroid dienone is 2. The summed E-state index contributed by atoms with van der Waals surface area (Å²) in [4.78, 5) is 24.3. The van der Waals surface area contributed by atoms with E-state index in [1.807, 2.05) is 72.8 Å². The average Bonchev–Trinajstić information content (AvgIpc) is 2.67. The van der Waals surface area contributed by atoms with Crippen LogP contribution in [0.15, 0.2) is 72.8 Å². The van der Waals surface area contributed by atoms with Crippen LogP contribution < -0.4 is 5.32 Å². The highest BCUT2D eigenvalue weighted by molar-refractivity contribution is 5.85. The Kier molecular flexibility index (Phi) is 5.29.